The van der Waals surface area contributed by atoms with Crippen molar-refractivity contribution >= 4 is 0 Å². The summed E-state index contributed by atoms with van der Waals surface area (Å²) < 4.78 is 5.25. The lowest BCUT2D eigenvalue weighted by Gasteiger charge is -2.30. The highest BCUT2D eigenvalue weighted by atomic mass is 16.5. The van der Waals surface area contributed by atoms with E-state index in [1.165, 1.54) is 0 Å². The highest BCUT2D eigenvalue weighted by Gasteiger charge is 2.25. The highest BCUT2D eigenvalue weighted by Crippen LogP contribution is 2.21. The maximum Gasteiger partial charge on any atom is 0.0614 e. The molecule has 0 radical (unpaired) electrons. The van der Waals surface area contributed by atoms with Crippen molar-refractivity contribution in [1.29, 1.82) is 0 Å². The minimum absolute atomic E-state index is 0.131. The summed E-state index contributed by atoms with van der Waals surface area (Å²) in [5, 5.41) is 9.46. The van der Waals surface area contributed by atoms with Gasteiger partial charge in [-0.1, -0.05) is 13.8 Å². The molecule has 0 saturated carbocycles. The van der Waals surface area contributed by atoms with Crippen molar-refractivity contribution in [3.05, 3.63) is 0 Å². The Morgan fingerprint density at radius 3 is 2.60 bits per heavy atom. The van der Waals surface area contributed by atoms with E-state index in [2.05, 4.69) is 13.8 Å². The Hall–Kier alpha value is -0.0800. The molecule has 1 aliphatic heterocycles. The summed E-state index contributed by atoms with van der Waals surface area (Å²) in [4.78, 5) is 0. The average molecular weight is 144 g/mol. The largest absolute Gasteiger partial charge is 0.393 e. The van der Waals surface area contributed by atoms with Crippen molar-refractivity contribution in [3.63, 3.8) is 0 Å². The Morgan fingerprint density at radius 1 is 1.50 bits per heavy atom. The van der Waals surface area contributed by atoms with Gasteiger partial charge in [0.05, 0.1) is 12.7 Å². The first-order valence-corrected chi connectivity index (χ1v) is 3.97. The first-order chi connectivity index (χ1) is 4.72. The van der Waals surface area contributed by atoms with E-state index in [-0.39, 0.29) is 6.10 Å². The molecule has 1 saturated heterocycles. The second-order valence-electron chi connectivity index (χ2n) is 3.34. The second kappa shape index (κ2) is 3.35. The Balaban J connectivity index is 2.40. The maximum atomic E-state index is 9.46. The number of aliphatic hydroxyl groups is 1. The van der Waals surface area contributed by atoms with Gasteiger partial charge in [0, 0.05) is 12.5 Å². The monoisotopic (exact) mass is 144 g/mol. The molecule has 1 heterocycles. The van der Waals surface area contributed by atoms with Crippen LogP contribution in [0.25, 0.3) is 0 Å². The van der Waals surface area contributed by atoms with Crippen molar-refractivity contribution in [2.75, 3.05) is 13.2 Å². The molecule has 2 heteroatoms. The molecular formula is C8H16O2. The van der Waals surface area contributed by atoms with E-state index in [4.69, 9.17) is 4.74 Å². The van der Waals surface area contributed by atoms with E-state index in [1.54, 1.807) is 0 Å². The third kappa shape index (κ3) is 1.70. The Bertz CT molecular complexity index is 101. The van der Waals surface area contributed by atoms with Gasteiger partial charge in [-0.2, -0.15) is 0 Å². The van der Waals surface area contributed by atoms with Crippen LogP contribution < -0.4 is 0 Å². The van der Waals surface area contributed by atoms with Crippen LogP contribution in [0.5, 0.6) is 0 Å². The van der Waals surface area contributed by atoms with Crippen molar-refractivity contribution in [3.8, 4) is 0 Å². The minimum Gasteiger partial charge on any atom is -0.393 e. The molecule has 60 valence electrons. The normalized spacial score (nSPS) is 34.8. The number of ether oxygens (including phenoxy) is 1. The van der Waals surface area contributed by atoms with Gasteiger partial charge in [0.15, 0.2) is 0 Å². The zero-order valence-electron chi connectivity index (χ0n) is 6.71. The molecule has 0 aromatic rings. The summed E-state index contributed by atoms with van der Waals surface area (Å²) >= 11 is 0. The second-order valence-corrected chi connectivity index (χ2v) is 3.34. The molecule has 10 heavy (non-hydrogen) atoms. The fourth-order valence-electron chi connectivity index (χ4n) is 1.39. The summed E-state index contributed by atoms with van der Waals surface area (Å²) in [6, 6.07) is 0. The van der Waals surface area contributed by atoms with Crippen LogP contribution >= 0.6 is 0 Å². The third-order valence-corrected chi connectivity index (χ3v) is 2.22. The van der Waals surface area contributed by atoms with Crippen LogP contribution in [0.2, 0.25) is 0 Å². The summed E-state index contributed by atoms with van der Waals surface area (Å²) in [6.45, 7) is 5.72. The quantitative estimate of drug-likeness (QED) is 0.596. The zero-order chi connectivity index (χ0) is 7.56. The molecule has 0 amide bonds. The molecule has 1 rings (SSSR count). The van der Waals surface area contributed by atoms with Crippen LogP contribution in [0.3, 0.4) is 0 Å². The van der Waals surface area contributed by atoms with Gasteiger partial charge in [0.1, 0.15) is 0 Å². The molecule has 1 aliphatic rings. The van der Waals surface area contributed by atoms with Crippen molar-refractivity contribution in [2.24, 2.45) is 11.8 Å². The molecule has 2 nitrogen and oxygen atoms in total. The van der Waals surface area contributed by atoms with Crippen LogP contribution in [-0.2, 0) is 4.74 Å². The van der Waals surface area contributed by atoms with Crippen molar-refractivity contribution < 1.29 is 9.84 Å². The lowest BCUT2D eigenvalue weighted by atomic mass is 9.88. The fourth-order valence-corrected chi connectivity index (χ4v) is 1.39. The Kier molecular flexibility index (Phi) is 2.69. The molecule has 0 spiro atoms. The molecule has 1 fully saturated rings. The molecule has 1 N–H and O–H groups in total. The van der Waals surface area contributed by atoms with Gasteiger partial charge in [0.2, 0.25) is 0 Å². The Labute approximate surface area is 62.2 Å². The summed E-state index contributed by atoms with van der Waals surface area (Å²) in [6.07, 6.45) is 0.678. The van der Waals surface area contributed by atoms with Crippen LogP contribution in [0, 0.1) is 11.8 Å². The fraction of sp³-hybridized carbons (Fsp3) is 1.00. The van der Waals surface area contributed by atoms with Crippen molar-refractivity contribution in [2.45, 2.75) is 26.4 Å². The van der Waals surface area contributed by atoms with Crippen molar-refractivity contribution in [1.82, 2.24) is 0 Å². The lowest BCUT2D eigenvalue weighted by molar-refractivity contribution is -0.0519. The molecule has 0 aromatic carbocycles. The Morgan fingerprint density at radius 2 is 2.20 bits per heavy atom. The van der Waals surface area contributed by atoms with Gasteiger partial charge in [-0.15, -0.1) is 0 Å². The predicted octanol–water partition coefficient (Wildman–Crippen LogP) is 1.04. The standard InChI is InChI=1S/C8H16O2/c1-6(2)7-5-10-4-3-8(7)9/h6-9H,3-5H2,1-2H3/t7-,8-/m1/s1. The first-order valence-electron chi connectivity index (χ1n) is 3.97. The average Bonchev–Trinajstić information content (AvgIpc) is 1.88. The van der Waals surface area contributed by atoms with E-state index in [0.29, 0.717) is 11.8 Å². The van der Waals surface area contributed by atoms with Gasteiger partial charge in [-0.3, -0.25) is 0 Å². The van der Waals surface area contributed by atoms with E-state index < -0.39 is 0 Å². The minimum atomic E-state index is -0.131. The molecule has 0 bridgehead atoms. The number of aliphatic hydroxyl groups excluding tert-OH is 1. The van der Waals surface area contributed by atoms with E-state index in [1.807, 2.05) is 0 Å². The highest BCUT2D eigenvalue weighted by molar-refractivity contribution is 4.74. The van der Waals surface area contributed by atoms with Gasteiger partial charge in [0.25, 0.3) is 0 Å². The number of rotatable bonds is 1. The van der Waals surface area contributed by atoms with Gasteiger partial charge in [-0.05, 0) is 12.3 Å². The zero-order valence-corrected chi connectivity index (χ0v) is 6.71. The SMILES string of the molecule is CC(C)[C@H]1COCC[C@H]1O. The lowest BCUT2D eigenvalue weighted by Crippen LogP contribution is -2.35. The van der Waals surface area contributed by atoms with Crippen LogP contribution in [0.4, 0.5) is 0 Å². The maximum absolute atomic E-state index is 9.46. The van der Waals surface area contributed by atoms with Crippen LogP contribution in [-0.4, -0.2) is 24.4 Å². The summed E-state index contributed by atoms with van der Waals surface area (Å²) in [5.74, 6) is 0.893. The van der Waals surface area contributed by atoms with Gasteiger partial charge in [-0.25, -0.2) is 0 Å². The van der Waals surface area contributed by atoms with E-state index in [9.17, 15) is 5.11 Å². The van der Waals surface area contributed by atoms with E-state index >= 15 is 0 Å². The third-order valence-electron chi connectivity index (χ3n) is 2.22. The summed E-state index contributed by atoms with van der Waals surface area (Å²) in [5.41, 5.74) is 0. The molecule has 0 aliphatic carbocycles. The molecule has 0 aromatic heterocycles. The first kappa shape index (κ1) is 8.02. The topological polar surface area (TPSA) is 29.5 Å². The number of hydrogen-bond donors (Lipinski definition) is 1. The van der Waals surface area contributed by atoms with Crippen LogP contribution in [0.1, 0.15) is 20.3 Å². The predicted molar refractivity (Wildman–Crippen MR) is 39.8 cm³/mol. The van der Waals surface area contributed by atoms with Gasteiger partial charge < -0.3 is 9.84 Å². The smallest absolute Gasteiger partial charge is 0.0614 e. The molecule has 2 atom stereocenters. The number of hydrogen-bond acceptors (Lipinski definition) is 2. The molecule has 0 unspecified atom stereocenters. The van der Waals surface area contributed by atoms with Crippen LogP contribution in [0.15, 0.2) is 0 Å². The summed E-state index contributed by atoms with van der Waals surface area (Å²) in [7, 11) is 0. The van der Waals surface area contributed by atoms with E-state index in [0.717, 1.165) is 19.6 Å². The van der Waals surface area contributed by atoms with Gasteiger partial charge >= 0.3 is 0 Å². The molecular weight excluding hydrogens is 128 g/mol.